The van der Waals surface area contributed by atoms with Gasteiger partial charge in [0.2, 0.25) is 0 Å². The SMILES string of the molecule is CCCNC1(CO)CCCCC1(C)C. The van der Waals surface area contributed by atoms with E-state index >= 15 is 0 Å². The van der Waals surface area contributed by atoms with Crippen molar-refractivity contribution in [3.8, 4) is 0 Å². The monoisotopic (exact) mass is 199 g/mol. The van der Waals surface area contributed by atoms with E-state index < -0.39 is 0 Å². The van der Waals surface area contributed by atoms with Crippen molar-refractivity contribution in [2.75, 3.05) is 13.2 Å². The van der Waals surface area contributed by atoms with E-state index in [2.05, 4.69) is 26.1 Å². The molecule has 1 unspecified atom stereocenters. The van der Waals surface area contributed by atoms with E-state index in [1.807, 2.05) is 0 Å². The largest absolute Gasteiger partial charge is 0.394 e. The lowest BCUT2D eigenvalue weighted by Crippen LogP contribution is -2.60. The average molecular weight is 199 g/mol. The average Bonchev–Trinajstić information content (AvgIpc) is 2.16. The summed E-state index contributed by atoms with van der Waals surface area (Å²) in [6.45, 7) is 8.04. The molecular weight excluding hydrogens is 174 g/mol. The van der Waals surface area contributed by atoms with Crippen molar-refractivity contribution < 1.29 is 5.11 Å². The Labute approximate surface area is 88.1 Å². The molecule has 2 nitrogen and oxygen atoms in total. The first-order valence-corrected chi connectivity index (χ1v) is 5.94. The van der Waals surface area contributed by atoms with Crippen molar-refractivity contribution >= 4 is 0 Å². The van der Waals surface area contributed by atoms with E-state index in [0.29, 0.717) is 0 Å². The van der Waals surface area contributed by atoms with Gasteiger partial charge in [0.25, 0.3) is 0 Å². The summed E-state index contributed by atoms with van der Waals surface area (Å²) in [7, 11) is 0. The predicted molar refractivity (Wildman–Crippen MR) is 60.4 cm³/mol. The molecule has 0 aromatic carbocycles. The van der Waals surface area contributed by atoms with E-state index in [4.69, 9.17) is 0 Å². The summed E-state index contributed by atoms with van der Waals surface area (Å²) in [5, 5.41) is 13.2. The highest BCUT2D eigenvalue weighted by Gasteiger charge is 2.45. The lowest BCUT2D eigenvalue weighted by molar-refractivity contribution is 0.0111. The van der Waals surface area contributed by atoms with E-state index in [-0.39, 0.29) is 17.6 Å². The van der Waals surface area contributed by atoms with Gasteiger partial charge < -0.3 is 10.4 Å². The first-order chi connectivity index (χ1) is 6.58. The molecule has 0 heterocycles. The minimum atomic E-state index is -0.0265. The molecule has 14 heavy (non-hydrogen) atoms. The first-order valence-electron chi connectivity index (χ1n) is 5.94. The number of hydrogen-bond acceptors (Lipinski definition) is 2. The summed E-state index contributed by atoms with van der Waals surface area (Å²) < 4.78 is 0. The Morgan fingerprint density at radius 3 is 2.36 bits per heavy atom. The van der Waals surface area contributed by atoms with Crippen molar-refractivity contribution in [2.45, 2.75) is 58.4 Å². The molecule has 0 radical (unpaired) electrons. The lowest BCUT2D eigenvalue weighted by atomic mass is 9.63. The first kappa shape index (κ1) is 12.0. The Bertz CT molecular complexity index is 179. The zero-order valence-corrected chi connectivity index (χ0v) is 9.90. The van der Waals surface area contributed by atoms with Gasteiger partial charge in [-0.1, -0.05) is 33.6 Å². The van der Waals surface area contributed by atoms with Gasteiger partial charge in [-0.3, -0.25) is 0 Å². The molecule has 1 aliphatic rings. The van der Waals surface area contributed by atoms with E-state index in [1.54, 1.807) is 0 Å². The molecule has 0 aromatic rings. The third-order valence-electron chi connectivity index (χ3n) is 3.93. The summed E-state index contributed by atoms with van der Waals surface area (Å²) >= 11 is 0. The van der Waals surface area contributed by atoms with E-state index in [0.717, 1.165) is 19.4 Å². The van der Waals surface area contributed by atoms with Gasteiger partial charge in [-0.25, -0.2) is 0 Å². The van der Waals surface area contributed by atoms with Crippen LogP contribution in [0.15, 0.2) is 0 Å². The highest BCUT2D eigenvalue weighted by molar-refractivity contribution is 5.02. The van der Waals surface area contributed by atoms with Gasteiger partial charge in [-0.05, 0) is 31.2 Å². The summed E-state index contributed by atoms with van der Waals surface area (Å²) in [6, 6.07) is 0. The van der Waals surface area contributed by atoms with Crippen molar-refractivity contribution in [2.24, 2.45) is 5.41 Å². The third kappa shape index (κ3) is 2.12. The quantitative estimate of drug-likeness (QED) is 0.728. The minimum Gasteiger partial charge on any atom is -0.394 e. The van der Waals surface area contributed by atoms with Crippen LogP contribution in [-0.2, 0) is 0 Å². The highest BCUT2D eigenvalue weighted by atomic mass is 16.3. The Morgan fingerprint density at radius 2 is 1.86 bits per heavy atom. The second-order valence-corrected chi connectivity index (χ2v) is 5.26. The van der Waals surface area contributed by atoms with Gasteiger partial charge in [-0.15, -0.1) is 0 Å². The van der Waals surface area contributed by atoms with Gasteiger partial charge >= 0.3 is 0 Å². The minimum absolute atomic E-state index is 0.0265. The number of rotatable bonds is 4. The van der Waals surface area contributed by atoms with Crippen LogP contribution in [-0.4, -0.2) is 23.8 Å². The molecule has 0 aliphatic heterocycles. The van der Waals surface area contributed by atoms with Crippen LogP contribution in [0.4, 0.5) is 0 Å². The van der Waals surface area contributed by atoms with E-state index in [1.165, 1.54) is 19.3 Å². The van der Waals surface area contributed by atoms with Crippen LogP contribution in [0.3, 0.4) is 0 Å². The van der Waals surface area contributed by atoms with Gasteiger partial charge in [0, 0.05) is 5.54 Å². The molecule has 2 heteroatoms. The Hall–Kier alpha value is -0.0800. The van der Waals surface area contributed by atoms with E-state index in [9.17, 15) is 5.11 Å². The number of hydrogen-bond donors (Lipinski definition) is 2. The molecule has 0 bridgehead atoms. The van der Waals surface area contributed by atoms with Crippen LogP contribution in [0, 0.1) is 5.41 Å². The summed E-state index contributed by atoms with van der Waals surface area (Å²) in [5.41, 5.74) is 0.205. The van der Waals surface area contributed by atoms with Gasteiger partial charge in [0.1, 0.15) is 0 Å². The molecule has 1 atom stereocenters. The van der Waals surface area contributed by atoms with Crippen LogP contribution in [0.5, 0.6) is 0 Å². The van der Waals surface area contributed by atoms with Crippen molar-refractivity contribution in [3.05, 3.63) is 0 Å². The van der Waals surface area contributed by atoms with Crippen molar-refractivity contribution in [1.82, 2.24) is 5.32 Å². The van der Waals surface area contributed by atoms with Gasteiger partial charge in [0.05, 0.1) is 6.61 Å². The van der Waals surface area contributed by atoms with Gasteiger partial charge in [-0.2, -0.15) is 0 Å². The smallest absolute Gasteiger partial charge is 0.0618 e. The molecule has 0 saturated heterocycles. The molecule has 2 N–H and O–H groups in total. The molecule has 1 rings (SSSR count). The fraction of sp³-hybridized carbons (Fsp3) is 1.00. The Balaban J connectivity index is 2.72. The molecule has 1 fully saturated rings. The number of nitrogens with one attached hydrogen (secondary N) is 1. The van der Waals surface area contributed by atoms with Crippen LogP contribution in [0.1, 0.15) is 52.9 Å². The normalized spacial score (nSPS) is 31.7. The lowest BCUT2D eigenvalue weighted by Gasteiger charge is -2.50. The molecular formula is C12H25NO. The maximum Gasteiger partial charge on any atom is 0.0618 e. The summed E-state index contributed by atoms with van der Waals surface area (Å²) in [5.74, 6) is 0. The number of aliphatic hydroxyl groups is 1. The zero-order chi connectivity index (χ0) is 10.7. The second kappa shape index (κ2) is 4.63. The summed E-state index contributed by atoms with van der Waals surface area (Å²) in [4.78, 5) is 0. The van der Waals surface area contributed by atoms with Crippen LogP contribution >= 0.6 is 0 Å². The van der Waals surface area contributed by atoms with Gasteiger partial charge in [0.15, 0.2) is 0 Å². The highest BCUT2D eigenvalue weighted by Crippen LogP contribution is 2.43. The van der Waals surface area contributed by atoms with Crippen LogP contribution < -0.4 is 5.32 Å². The fourth-order valence-corrected chi connectivity index (χ4v) is 2.61. The van der Waals surface area contributed by atoms with Crippen LogP contribution in [0.2, 0.25) is 0 Å². The van der Waals surface area contributed by atoms with Crippen LogP contribution in [0.25, 0.3) is 0 Å². The molecule has 1 aliphatic carbocycles. The zero-order valence-electron chi connectivity index (χ0n) is 9.90. The summed E-state index contributed by atoms with van der Waals surface area (Å²) in [6.07, 6.45) is 6.04. The molecule has 84 valence electrons. The maximum atomic E-state index is 9.64. The van der Waals surface area contributed by atoms with Crippen molar-refractivity contribution in [1.29, 1.82) is 0 Å². The Kier molecular flexibility index (Phi) is 3.96. The Morgan fingerprint density at radius 1 is 1.21 bits per heavy atom. The predicted octanol–water partition coefficient (Wildman–Crippen LogP) is 2.32. The molecule has 0 spiro atoms. The number of aliphatic hydroxyl groups excluding tert-OH is 1. The van der Waals surface area contributed by atoms with Crippen molar-refractivity contribution in [3.63, 3.8) is 0 Å². The maximum absolute atomic E-state index is 9.64. The topological polar surface area (TPSA) is 32.3 Å². The fourth-order valence-electron chi connectivity index (χ4n) is 2.61. The molecule has 0 aromatic heterocycles. The third-order valence-corrected chi connectivity index (χ3v) is 3.93. The molecule has 0 amide bonds. The standard InChI is InChI=1S/C12H25NO/c1-4-9-13-12(10-14)8-6-5-7-11(12,2)3/h13-14H,4-10H2,1-3H3. The molecule has 1 saturated carbocycles. The second-order valence-electron chi connectivity index (χ2n) is 5.26.